The number of hydrogen-bond acceptors (Lipinski definition) is 5. The van der Waals surface area contributed by atoms with Crippen molar-refractivity contribution in [1.82, 2.24) is 10.1 Å². The molecule has 1 saturated carbocycles. The molecule has 1 aromatic carbocycles. The summed E-state index contributed by atoms with van der Waals surface area (Å²) in [6.45, 7) is 1.58. The van der Waals surface area contributed by atoms with Crippen LogP contribution in [0.3, 0.4) is 0 Å². The van der Waals surface area contributed by atoms with Gasteiger partial charge in [-0.3, -0.25) is 4.79 Å². The minimum Gasteiger partial charge on any atom is -0.339 e. The second kappa shape index (κ2) is 8.36. The molecular weight excluding hydrogens is 380 g/mol. The quantitative estimate of drug-likeness (QED) is 0.642. The highest BCUT2D eigenvalue weighted by molar-refractivity contribution is 8.13. The van der Waals surface area contributed by atoms with E-state index >= 15 is 0 Å². The number of nitrogens with zero attached hydrogens (tertiary/aromatic N) is 2. The van der Waals surface area contributed by atoms with Crippen molar-refractivity contribution in [3.05, 3.63) is 45.6 Å². The number of carbonyl (C=O) groups excluding carboxylic acids is 1. The van der Waals surface area contributed by atoms with Gasteiger partial charge in [0.15, 0.2) is 10.9 Å². The fourth-order valence-corrected chi connectivity index (χ4v) is 5.33. The van der Waals surface area contributed by atoms with E-state index in [2.05, 4.69) is 22.3 Å². The molecule has 1 fully saturated rings. The Bertz CT molecular complexity index is 830. The lowest BCUT2D eigenvalue weighted by Gasteiger charge is -2.24. The first kappa shape index (κ1) is 19.0. The number of rotatable bonds is 5. The van der Waals surface area contributed by atoms with Crippen LogP contribution < -0.4 is 0 Å². The molecule has 6 heteroatoms. The van der Waals surface area contributed by atoms with E-state index in [1.165, 1.54) is 60.6 Å². The molecule has 4 nitrogen and oxygen atoms in total. The van der Waals surface area contributed by atoms with Crippen molar-refractivity contribution < 1.29 is 9.32 Å². The summed E-state index contributed by atoms with van der Waals surface area (Å²) in [6, 6.07) is 4.49. The summed E-state index contributed by atoms with van der Waals surface area (Å²) in [4.78, 5) is 15.6. The van der Waals surface area contributed by atoms with Crippen LogP contribution in [-0.4, -0.2) is 21.0 Å². The third-order valence-electron chi connectivity index (χ3n) is 5.79. The van der Waals surface area contributed by atoms with Crippen LogP contribution in [0.5, 0.6) is 0 Å². The molecule has 27 heavy (non-hydrogen) atoms. The lowest BCUT2D eigenvalue weighted by atomic mass is 9.83. The molecule has 0 N–H and O–H groups in total. The Hall–Kier alpha value is -1.33. The highest BCUT2D eigenvalue weighted by atomic mass is 35.5. The fraction of sp³-hybridized carbons (Fsp3) is 0.571. The monoisotopic (exact) mass is 404 g/mol. The van der Waals surface area contributed by atoms with E-state index < -0.39 is 0 Å². The van der Waals surface area contributed by atoms with Crippen molar-refractivity contribution in [2.75, 3.05) is 5.75 Å². The van der Waals surface area contributed by atoms with Gasteiger partial charge in [0.25, 0.3) is 0 Å². The van der Waals surface area contributed by atoms with Gasteiger partial charge in [-0.15, -0.1) is 0 Å². The maximum atomic E-state index is 11.0. The van der Waals surface area contributed by atoms with Gasteiger partial charge in [-0.2, -0.15) is 4.98 Å². The van der Waals surface area contributed by atoms with E-state index in [1.807, 2.05) is 0 Å². The molecule has 1 atom stereocenters. The maximum Gasteiger partial charge on any atom is 0.234 e. The van der Waals surface area contributed by atoms with Gasteiger partial charge < -0.3 is 4.52 Å². The van der Waals surface area contributed by atoms with Crippen molar-refractivity contribution in [3.8, 4) is 0 Å². The molecule has 0 saturated heterocycles. The van der Waals surface area contributed by atoms with Crippen LogP contribution >= 0.6 is 23.4 Å². The number of thioether (sulfide) groups is 1. The molecule has 0 radical (unpaired) electrons. The van der Waals surface area contributed by atoms with Crippen molar-refractivity contribution in [2.45, 2.75) is 70.1 Å². The Morgan fingerprint density at radius 3 is 2.81 bits per heavy atom. The molecule has 144 valence electrons. The van der Waals surface area contributed by atoms with Gasteiger partial charge in [-0.05, 0) is 54.4 Å². The molecular formula is C21H25ClN2O2S. The first-order valence-electron chi connectivity index (χ1n) is 9.90. The number of benzene rings is 1. The summed E-state index contributed by atoms with van der Waals surface area (Å²) < 4.78 is 5.55. The summed E-state index contributed by atoms with van der Waals surface area (Å²) in [6.07, 6.45) is 9.17. The van der Waals surface area contributed by atoms with Gasteiger partial charge in [-0.1, -0.05) is 53.8 Å². The standard InChI is InChI=1S/C21H25ClN2O2S/c1-13(25)27-10-9-20-23-21(26-24-20)16-8-7-15-11-18(19(22)12-17(15)16)14-5-3-2-4-6-14/h11-12,14,16H,2-10H2,1H3. The Balaban J connectivity index is 1.51. The molecule has 4 rings (SSSR count). The van der Waals surface area contributed by atoms with E-state index in [0.29, 0.717) is 29.8 Å². The molecule has 1 aromatic heterocycles. The largest absolute Gasteiger partial charge is 0.339 e. The molecule has 1 unspecified atom stereocenters. The van der Waals surface area contributed by atoms with Gasteiger partial charge in [0.2, 0.25) is 5.89 Å². The molecule has 0 aliphatic heterocycles. The fourth-order valence-electron chi connectivity index (χ4n) is 4.43. The van der Waals surface area contributed by atoms with Crippen LogP contribution in [0, 0.1) is 0 Å². The Morgan fingerprint density at radius 1 is 1.22 bits per heavy atom. The number of carbonyl (C=O) groups is 1. The summed E-state index contributed by atoms with van der Waals surface area (Å²) >= 11 is 7.99. The molecule has 1 heterocycles. The molecule has 2 aliphatic rings. The first-order chi connectivity index (χ1) is 13.1. The van der Waals surface area contributed by atoms with E-state index in [-0.39, 0.29) is 11.0 Å². The van der Waals surface area contributed by atoms with Gasteiger partial charge in [0.1, 0.15) is 0 Å². The topological polar surface area (TPSA) is 56.0 Å². The lowest BCUT2D eigenvalue weighted by Crippen LogP contribution is -2.06. The third-order valence-corrected chi connectivity index (χ3v) is 6.94. The average Bonchev–Trinajstić information content (AvgIpc) is 3.28. The molecule has 0 spiro atoms. The zero-order valence-electron chi connectivity index (χ0n) is 15.7. The van der Waals surface area contributed by atoms with E-state index in [1.54, 1.807) is 6.92 Å². The zero-order chi connectivity index (χ0) is 18.8. The molecule has 2 aliphatic carbocycles. The Labute approximate surface area is 169 Å². The summed E-state index contributed by atoms with van der Waals surface area (Å²) in [5.41, 5.74) is 3.97. The third kappa shape index (κ3) is 4.24. The second-order valence-electron chi connectivity index (χ2n) is 7.64. The first-order valence-corrected chi connectivity index (χ1v) is 11.3. The van der Waals surface area contributed by atoms with Crippen LogP contribution in [0.25, 0.3) is 0 Å². The smallest absolute Gasteiger partial charge is 0.234 e. The number of hydrogen-bond donors (Lipinski definition) is 0. The Morgan fingerprint density at radius 2 is 2.04 bits per heavy atom. The predicted molar refractivity (Wildman–Crippen MR) is 109 cm³/mol. The summed E-state index contributed by atoms with van der Waals surface area (Å²) in [5, 5.41) is 5.11. The van der Waals surface area contributed by atoms with Crippen LogP contribution in [0.4, 0.5) is 0 Å². The van der Waals surface area contributed by atoms with Gasteiger partial charge in [0.05, 0.1) is 5.92 Å². The second-order valence-corrected chi connectivity index (χ2v) is 9.32. The van der Waals surface area contributed by atoms with Crippen LogP contribution in [0.2, 0.25) is 5.02 Å². The highest BCUT2D eigenvalue weighted by Crippen LogP contribution is 2.43. The number of aromatic nitrogens is 2. The van der Waals surface area contributed by atoms with Crippen LogP contribution in [-0.2, 0) is 17.6 Å². The van der Waals surface area contributed by atoms with E-state index in [4.69, 9.17) is 16.1 Å². The minimum absolute atomic E-state index is 0.117. The van der Waals surface area contributed by atoms with Crippen molar-refractivity contribution in [2.24, 2.45) is 0 Å². The Kier molecular flexibility index (Phi) is 5.88. The summed E-state index contributed by atoms with van der Waals surface area (Å²) in [7, 11) is 0. The normalized spacial score (nSPS) is 20.0. The predicted octanol–water partition coefficient (Wildman–Crippen LogP) is 5.67. The van der Waals surface area contributed by atoms with Crippen molar-refractivity contribution >= 4 is 28.5 Å². The maximum absolute atomic E-state index is 11.0. The SMILES string of the molecule is CC(=O)SCCc1noc(C2CCc3cc(C4CCCCC4)c(Cl)cc32)n1. The van der Waals surface area contributed by atoms with Gasteiger partial charge >= 0.3 is 0 Å². The van der Waals surface area contributed by atoms with Crippen LogP contribution in [0.1, 0.15) is 85.7 Å². The van der Waals surface area contributed by atoms with Gasteiger partial charge in [0, 0.05) is 24.1 Å². The number of aryl methyl sites for hydroxylation is 2. The number of fused-ring (bicyclic) bond motifs is 1. The highest BCUT2D eigenvalue weighted by Gasteiger charge is 2.31. The zero-order valence-corrected chi connectivity index (χ0v) is 17.2. The van der Waals surface area contributed by atoms with Crippen molar-refractivity contribution in [1.29, 1.82) is 0 Å². The van der Waals surface area contributed by atoms with Crippen LogP contribution in [0.15, 0.2) is 16.7 Å². The lowest BCUT2D eigenvalue weighted by molar-refractivity contribution is -0.109. The molecule has 2 aromatic rings. The molecule has 0 amide bonds. The van der Waals surface area contributed by atoms with Gasteiger partial charge in [-0.25, -0.2) is 0 Å². The minimum atomic E-state index is 0.117. The van der Waals surface area contributed by atoms with Crippen molar-refractivity contribution in [3.63, 3.8) is 0 Å². The average molecular weight is 405 g/mol. The van der Waals surface area contributed by atoms with E-state index in [0.717, 1.165) is 17.9 Å². The molecule has 0 bridgehead atoms. The van der Waals surface area contributed by atoms with E-state index in [9.17, 15) is 4.79 Å². The summed E-state index contributed by atoms with van der Waals surface area (Å²) in [5.74, 6) is 2.80. The number of halogens is 1.